The normalized spacial score (nSPS) is 17.8. The van der Waals surface area contributed by atoms with Crippen molar-refractivity contribution in [3.05, 3.63) is 0 Å². The summed E-state index contributed by atoms with van der Waals surface area (Å²) >= 11 is 0. The van der Waals surface area contributed by atoms with E-state index in [4.69, 9.17) is 4.74 Å². The van der Waals surface area contributed by atoms with Gasteiger partial charge in [-0.15, -0.1) is 24.0 Å². The first-order chi connectivity index (χ1) is 9.40. The van der Waals surface area contributed by atoms with Crippen molar-refractivity contribution in [1.82, 2.24) is 14.5 Å². The molecule has 1 aliphatic heterocycles. The molecule has 0 amide bonds. The van der Waals surface area contributed by atoms with Crippen molar-refractivity contribution in [1.29, 1.82) is 0 Å². The largest absolute Gasteiger partial charge is 0.378 e. The van der Waals surface area contributed by atoms with E-state index in [1.54, 1.807) is 7.05 Å². The van der Waals surface area contributed by atoms with Gasteiger partial charge in [-0.05, 0) is 13.8 Å². The van der Waals surface area contributed by atoms with Crippen molar-refractivity contribution >= 4 is 40.0 Å². The molecule has 7 nitrogen and oxygen atoms in total. The Hall–Kier alpha value is -0.130. The number of sulfonamides is 1. The molecule has 1 heterocycles. The van der Waals surface area contributed by atoms with E-state index >= 15 is 0 Å². The molecule has 9 heteroatoms. The van der Waals surface area contributed by atoms with Gasteiger partial charge in [0.2, 0.25) is 10.0 Å². The number of nitrogens with zero attached hydrogens (tertiary/aromatic N) is 3. The van der Waals surface area contributed by atoms with Crippen LogP contribution >= 0.6 is 24.0 Å². The number of rotatable bonds is 5. The Balaban J connectivity index is 0.00000400. The molecule has 0 unspecified atom stereocenters. The van der Waals surface area contributed by atoms with Crippen LogP contribution in [0.2, 0.25) is 0 Å². The van der Waals surface area contributed by atoms with Gasteiger partial charge < -0.3 is 15.0 Å². The summed E-state index contributed by atoms with van der Waals surface area (Å²) in [4.78, 5) is 6.18. The molecule has 0 radical (unpaired) electrons. The molecule has 1 fully saturated rings. The van der Waals surface area contributed by atoms with E-state index < -0.39 is 10.0 Å². The van der Waals surface area contributed by atoms with Crippen LogP contribution in [0.3, 0.4) is 0 Å². The fourth-order valence-corrected chi connectivity index (χ4v) is 3.39. The molecule has 1 saturated heterocycles. The van der Waals surface area contributed by atoms with Crippen molar-refractivity contribution in [2.24, 2.45) is 4.99 Å². The van der Waals surface area contributed by atoms with Gasteiger partial charge in [-0.3, -0.25) is 4.99 Å². The Morgan fingerprint density at radius 1 is 1.29 bits per heavy atom. The highest BCUT2D eigenvalue weighted by Crippen LogP contribution is 2.08. The minimum absolute atomic E-state index is 0. The van der Waals surface area contributed by atoms with Crippen molar-refractivity contribution in [3.8, 4) is 0 Å². The van der Waals surface area contributed by atoms with E-state index in [0.717, 1.165) is 5.96 Å². The van der Waals surface area contributed by atoms with Crippen molar-refractivity contribution in [3.63, 3.8) is 0 Å². The second-order valence-electron chi connectivity index (χ2n) is 4.92. The first kappa shape index (κ1) is 20.9. The maximum absolute atomic E-state index is 12.2. The topological polar surface area (TPSA) is 74.2 Å². The number of guanidine groups is 1. The molecular weight excluding hydrogens is 407 g/mol. The summed E-state index contributed by atoms with van der Waals surface area (Å²) in [6, 6.07) is 0. The first-order valence-corrected chi connectivity index (χ1v) is 8.50. The molecule has 0 aromatic rings. The van der Waals surface area contributed by atoms with Crippen molar-refractivity contribution in [2.45, 2.75) is 20.0 Å². The quantitative estimate of drug-likeness (QED) is 0.380. The van der Waals surface area contributed by atoms with Crippen LogP contribution < -0.4 is 5.32 Å². The monoisotopic (exact) mass is 434 g/mol. The maximum atomic E-state index is 12.2. The average molecular weight is 434 g/mol. The highest BCUT2D eigenvalue weighted by Gasteiger charge is 2.27. The molecule has 0 saturated carbocycles. The van der Waals surface area contributed by atoms with Gasteiger partial charge in [0, 0.05) is 40.3 Å². The zero-order valence-electron chi connectivity index (χ0n) is 13.2. The molecule has 126 valence electrons. The third kappa shape index (κ3) is 6.66. The van der Waals surface area contributed by atoms with E-state index in [1.165, 1.54) is 4.31 Å². The lowest BCUT2D eigenvalue weighted by atomic mass is 10.4. The summed E-state index contributed by atoms with van der Waals surface area (Å²) in [5.41, 5.74) is 0. The van der Waals surface area contributed by atoms with Crippen molar-refractivity contribution in [2.75, 3.05) is 52.6 Å². The summed E-state index contributed by atoms with van der Waals surface area (Å²) in [6.45, 7) is 6.33. The lowest BCUT2D eigenvalue weighted by Crippen LogP contribution is -2.53. The van der Waals surface area contributed by atoms with Gasteiger partial charge in [-0.2, -0.15) is 4.31 Å². The Morgan fingerprint density at radius 2 is 1.86 bits per heavy atom. The van der Waals surface area contributed by atoms with E-state index in [-0.39, 0.29) is 42.4 Å². The van der Waals surface area contributed by atoms with Crippen LogP contribution in [0.25, 0.3) is 0 Å². The number of piperazine rings is 1. The van der Waals surface area contributed by atoms with Crippen LogP contribution in [-0.4, -0.2) is 82.3 Å². The second kappa shape index (κ2) is 9.80. The predicted octanol–water partition coefficient (Wildman–Crippen LogP) is 0.182. The van der Waals surface area contributed by atoms with Gasteiger partial charge in [0.1, 0.15) is 0 Å². The van der Waals surface area contributed by atoms with E-state index in [9.17, 15) is 8.42 Å². The minimum atomic E-state index is -3.22. The van der Waals surface area contributed by atoms with E-state index in [2.05, 4.69) is 15.2 Å². The van der Waals surface area contributed by atoms with Crippen molar-refractivity contribution < 1.29 is 13.2 Å². The number of aliphatic imine (C=N–C) groups is 1. The van der Waals surface area contributed by atoms with Gasteiger partial charge >= 0.3 is 0 Å². The lowest BCUT2D eigenvalue weighted by molar-refractivity contribution is 0.0905. The fraction of sp³-hybridized carbons (Fsp3) is 0.917. The van der Waals surface area contributed by atoms with Gasteiger partial charge in [-0.1, -0.05) is 0 Å². The van der Waals surface area contributed by atoms with E-state index in [1.807, 2.05) is 20.9 Å². The van der Waals surface area contributed by atoms with Gasteiger partial charge in [0.15, 0.2) is 5.96 Å². The number of hydrogen-bond acceptors (Lipinski definition) is 4. The number of hydrogen-bond donors (Lipinski definition) is 1. The van der Waals surface area contributed by atoms with Crippen LogP contribution in [0.4, 0.5) is 0 Å². The van der Waals surface area contributed by atoms with Crippen LogP contribution in [0.1, 0.15) is 13.8 Å². The molecule has 1 aliphatic rings. The third-order valence-corrected chi connectivity index (χ3v) is 4.99. The zero-order chi connectivity index (χ0) is 15.2. The Kier molecular flexibility index (Phi) is 9.74. The predicted molar refractivity (Wildman–Crippen MR) is 95.9 cm³/mol. The highest BCUT2D eigenvalue weighted by atomic mass is 127. The number of nitrogens with one attached hydrogen (secondary N) is 1. The first-order valence-electron chi connectivity index (χ1n) is 6.89. The van der Waals surface area contributed by atoms with Crippen LogP contribution in [-0.2, 0) is 14.8 Å². The summed E-state index contributed by atoms with van der Waals surface area (Å²) in [5.74, 6) is 0.844. The molecule has 0 aromatic heterocycles. The second-order valence-corrected chi connectivity index (χ2v) is 7.01. The number of halogens is 1. The highest BCUT2D eigenvalue weighted by molar-refractivity contribution is 14.0. The Labute approximate surface area is 145 Å². The average Bonchev–Trinajstić information content (AvgIpc) is 2.40. The summed E-state index contributed by atoms with van der Waals surface area (Å²) < 4.78 is 31.2. The minimum Gasteiger partial charge on any atom is -0.378 e. The maximum Gasteiger partial charge on any atom is 0.216 e. The van der Waals surface area contributed by atoms with Gasteiger partial charge in [0.25, 0.3) is 0 Å². The van der Waals surface area contributed by atoms with Crippen LogP contribution in [0.5, 0.6) is 0 Å². The molecule has 0 aromatic carbocycles. The lowest BCUT2D eigenvalue weighted by Gasteiger charge is -2.35. The number of ether oxygens (including phenoxy) is 1. The molecule has 1 rings (SSSR count). The smallest absolute Gasteiger partial charge is 0.216 e. The van der Waals surface area contributed by atoms with Gasteiger partial charge in [-0.25, -0.2) is 8.42 Å². The molecular formula is C12H27IN4O3S. The standard InChI is InChI=1S/C12H26N4O3S.HI/c1-11(2)19-9-10-20(17,18)16-7-5-15(6-8-16)12(13-3)14-4;/h11H,5-10H2,1-4H3,(H,13,14);1H. The molecule has 0 bridgehead atoms. The summed E-state index contributed by atoms with van der Waals surface area (Å²) in [5, 5.41) is 3.01. The summed E-state index contributed by atoms with van der Waals surface area (Å²) in [7, 11) is 0.314. The Bertz CT molecular complexity index is 420. The van der Waals surface area contributed by atoms with Gasteiger partial charge in [0.05, 0.1) is 18.5 Å². The van der Waals surface area contributed by atoms with Crippen LogP contribution in [0, 0.1) is 0 Å². The molecule has 1 N–H and O–H groups in total. The molecule has 0 atom stereocenters. The van der Waals surface area contributed by atoms with E-state index in [0.29, 0.717) is 26.2 Å². The summed E-state index contributed by atoms with van der Waals surface area (Å²) in [6.07, 6.45) is 0.0565. The zero-order valence-corrected chi connectivity index (χ0v) is 16.3. The molecule has 0 spiro atoms. The molecule has 0 aliphatic carbocycles. The SMILES string of the molecule is CN=C(NC)N1CCN(S(=O)(=O)CCOC(C)C)CC1.I. The Morgan fingerprint density at radius 3 is 2.29 bits per heavy atom. The van der Waals surface area contributed by atoms with Crippen LogP contribution in [0.15, 0.2) is 4.99 Å². The third-order valence-electron chi connectivity index (χ3n) is 3.16. The molecule has 21 heavy (non-hydrogen) atoms. The fourth-order valence-electron chi connectivity index (χ4n) is 2.11.